The van der Waals surface area contributed by atoms with Crippen LogP contribution in [0.3, 0.4) is 0 Å². The fourth-order valence-electron chi connectivity index (χ4n) is 1.56. The second kappa shape index (κ2) is 6.95. The number of carboxylic acid groups (broad SMARTS) is 1. The number of pyridine rings is 1. The Morgan fingerprint density at radius 3 is 2.43 bits per heavy atom. The Morgan fingerprint density at radius 1 is 1.38 bits per heavy atom. The van der Waals surface area contributed by atoms with Gasteiger partial charge in [-0.3, -0.25) is 4.79 Å². The van der Waals surface area contributed by atoms with Crippen molar-refractivity contribution >= 4 is 23.4 Å². The highest BCUT2D eigenvalue weighted by Gasteiger charge is 2.32. The monoisotopic (exact) mass is 325 g/mol. The summed E-state index contributed by atoms with van der Waals surface area (Å²) in [4.78, 5) is 17.7. The van der Waals surface area contributed by atoms with Crippen molar-refractivity contribution in [2.45, 2.75) is 6.18 Å². The number of nitrogens with zero attached hydrogens (tertiary/aromatic N) is 3. The van der Waals surface area contributed by atoms with Crippen molar-refractivity contribution in [2.75, 3.05) is 38.6 Å². The summed E-state index contributed by atoms with van der Waals surface area (Å²) < 4.78 is 37.7. The zero-order valence-electron chi connectivity index (χ0n) is 11.5. The van der Waals surface area contributed by atoms with Crippen LogP contribution in [0.25, 0.3) is 0 Å². The largest absolute Gasteiger partial charge is 0.480 e. The van der Waals surface area contributed by atoms with Gasteiger partial charge in [-0.25, -0.2) is 4.98 Å². The highest BCUT2D eigenvalue weighted by atomic mass is 35.5. The van der Waals surface area contributed by atoms with E-state index in [0.29, 0.717) is 12.7 Å². The quantitative estimate of drug-likeness (QED) is 0.869. The number of anilines is 1. The van der Waals surface area contributed by atoms with Crippen LogP contribution in [0.1, 0.15) is 5.56 Å². The molecule has 0 aliphatic heterocycles. The molecule has 0 aromatic carbocycles. The van der Waals surface area contributed by atoms with Gasteiger partial charge in [0.05, 0.1) is 10.6 Å². The molecular formula is C12H15ClF3N3O2. The molecule has 0 unspecified atom stereocenters. The number of alkyl halides is 3. The molecule has 0 bridgehead atoms. The van der Waals surface area contributed by atoms with E-state index in [1.807, 2.05) is 4.90 Å². The molecule has 1 heterocycles. The molecule has 0 aliphatic carbocycles. The lowest BCUT2D eigenvalue weighted by atomic mass is 10.2. The van der Waals surface area contributed by atoms with Crippen LogP contribution in [-0.4, -0.2) is 54.7 Å². The minimum absolute atomic E-state index is 0.0221. The summed E-state index contributed by atoms with van der Waals surface area (Å²) in [6.45, 7) is 0.385. The van der Waals surface area contributed by atoms with E-state index in [9.17, 15) is 18.0 Å². The first-order valence-corrected chi connectivity index (χ1v) is 6.33. The Kier molecular flexibility index (Phi) is 5.79. The van der Waals surface area contributed by atoms with Gasteiger partial charge in [-0.1, -0.05) is 11.6 Å². The van der Waals surface area contributed by atoms with Crippen molar-refractivity contribution in [1.82, 2.24) is 9.88 Å². The number of halogens is 4. The van der Waals surface area contributed by atoms with E-state index >= 15 is 0 Å². The predicted molar refractivity (Wildman–Crippen MR) is 72.7 cm³/mol. The van der Waals surface area contributed by atoms with Crippen LogP contribution in [0.5, 0.6) is 0 Å². The van der Waals surface area contributed by atoms with Crippen molar-refractivity contribution in [2.24, 2.45) is 0 Å². The van der Waals surface area contributed by atoms with E-state index in [1.165, 1.54) is 4.90 Å². The third kappa shape index (κ3) is 5.39. The number of carbonyl (C=O) groups is 1. The highest BCUT2D eigenvalue weighted by Crippen LogP contribution is 2.33. The van der Waals surface area contributed by atoms with Gasteiger partial charge in [-0.15, -0.1) is 0 Å². The van der Waals surface area contributed by atoms with E-state index in [2.05, 4.69) is 4.98 Å². The van der Waals surface area contributed by atoms with E-state index in [0.717, 1.165) is 6.07 Å². The molecule has 0 radical (unpaired) electrons. The van der Waals surface area contributed by atoms with Crippen LogP contribution in [0, 0.1) is 0 Å². The second-order valence-electron chi connectivity index (χ2n) is 4.65. The zero-order valence-corrected chi connectivity index (χ0v) is 12.2. The first-order chi connectivity index (χ1) is 9.61. The SMILES string of the molecule is CN(C)CCN(CC(=O)O)c1ncc(C(F)(F)F)cc1Cl. The van der Waals surface area contributed by atoms with Crippen molar-refractivity contribution < 1.29 is 23.1 Å². The molecule has 0 amide bonds. The maximum atomic E-state index is 12.6. The van der Waals surface area contributed by atoms with Crippen molar-refractivity contribution in [3.05, 3.63) is 22.8 Å². The Hall–Kier alpha value is -1.54. The van der Waals surface area contributed by atoms with Gasteiger partial charge < -0.3 is 14.9 Å². The van der Waals surface area contributed by atoms with Crippen LogP contribution >= 0.6 is 11.6 Å². The average Bonchev–Trinajstić information content (AvgIpc) is 2.32. The second-order valence-corrected chi connectivity index (χ2v) is 5.05. The zero-order chi connectivity index (χ0) is 16.2. The lowest BCUT2D eigenvalue weighted by Gasteiger charge is -2.24. The summed E-state index contributed by atoms with van der Waals surface area (Å²) in [6.07, 6.45) is -3.90. The Bertz CT molecular complexity index is 509. The normalized spacial score (nSPS) is 11.8. The molecule has 1 aromatic heterocycles. The van der Waals surface area contributed by atoms with Crippen LogP contribution in [0.2, 0.25) is 5.02 Å². The van der Waals surface area contributed by atoms with Gasteiger partial charge in [0.15, 0.2) is 0 Å². The number of hydrogen-bond donors (Lipinski definition) is 1. The number of carboxylic acids is 1. The van der Waals surface area contributed by atoms with Gasteiger partial charge in [0.2, 0.25) is 0 Å². The van der Waals surface area contributed by atoms with Gasteiger partial charge in [0, 0.05) is 19.3 Å². The Labute approximate surface area is 124 Å². The topological polar surface area (TPSA) is 56.7 Å². The Balaban J connectivity index is 3.04. The molecule has 1 rings (SSSR count). The average molecular weight is 326 g/mol. The molecule has 0 fully saturated rings. The summed E-state index contributed by atoms with van der Waals surface area (Å²) in [5, 5.41) is 8.65. The van der Waals surface area contributed by atoms with E-state index < -0.39 is 24.3 Å². The molecule has 5 nitrogen and oxygen atoms in total. The maximum Gasteiger partial charge on any atom is 0.417 e. The van der Waals surface area contributed by atoms with Gasteiger partial charge >= 0.3 is 12.1 Å². The summed E-state index contributed by atoms with van der Waals surface area (Å²) in [7, 11) is 3.58. The van der Waals surface area contributed by atoms with Crippen LogP contribution in [0.4, 0.5) is 19.0 Å². The van der Waals surface area contributed by atoms with E-state index in [4.69, 9.17) is 16.7 Å². The molecule has 0 atom stereocenters. The van der Waals surface area contributed by atoms with Crippen LogP contribution in [-0.2, 0) is 11.0 Å². The van der Waals surface area contributed by atoms with E-state index in [1.54, 1.807) is 14.1 Å². The third-order valence-electron chi connectivity index (χ3n) is 2.59. The predicted octanol–water partition coefficient (Wildman–Crippen LogP) is 2.21. The molecule has 0 saturated heterocycles. The van der Waals surface area contributed by atoms with Gasteiger partial charge in [-0.05, 0) is 20.2 Å². The molecule has 0 saturated carbocycles. The van der Waals surface area contributed by atoms with Crippen LogP contribution in [0.15, 0.2) is 12.3 Å². The fraction of sp³-hybridized carbons (Fsp3) is 0.500. The molecular weight excluding hydrogens is 311 g/mol. The van der Waals surface area contributed by atoms with Gasteiger partial charge in [-0.2, -0.15) is 13.2 Å². The maximum absolute atomic E-state index is 12.6. The molecule has 21 heavy (non-hydrogen) atoms. The fourth-order valence-corrected chi connectivity index (χ4v) is 1.85. The summed E-state index contributed by atoms with van der Waals surface area (Å²) in [5.74, 6) is -1.10. The number of aromatic nitrogens is 1. The summed E-state index contributed by atoms with van der Waals surface area (Å²) in [6, 6.07) is 0.744. The number of likely N-dealkylation sites (N-methyl/N-ethyl adjacent to an activating group) is 1. The first kappa shape index (κ1) is 17.5. The van der Waals surface area contributed by atoms with Gasteiger partial charge in [0.25, 0.3) is 0 Å². The molecule has 1 N–H and O–H groups in total. The summed E-state index contributed by atoms with van der Waals surface area (Å²) in [5.41, 5.74) is -0.973. The van der Waals surface area contributed by atoms with Crippen molar-refractivity contribution in [3.8, 4) is 0 Å². The first-order valence-electron chi connectivity index (χ1n) is 5.95. The number of aliphatic carboxylic acids is 1. The van der Waals surface area contributed by atoms with Crippen LogP contribution < -0.4 is 4.90 Å². The van der Waals surface area contributed by atoms with E-state index in [-0.39, 0.29) is 17.4 Å². The molecule has 9 heteroatoms. The summed E-state index contributed by atoms with van der Waals surface area (Å²) >= 11 is 5.82. The minimum Gasteiger partial charge on any atom is -0.480 e. The Morgan fingerprint density at radius 2 is 2.00 bits per heavy atom. The number of hydrogen-bond acceptors (Lipinski definition) is 4. The van der Waals surface area contributed by atoms with Gasteiger partial charge in [0.1, 0.15) is 12.4 Å². The minimum atomic E-state index is -4.55. The highest BCUT2D eigenvalue weighted by molar-refractivity contribution is 6.33. The van der Waals surface area contributed by atoms with Crippen molar-refractivity contribution in [3.63, 3.8) is 0 Å². The molecule has 0 aliphatic rings. The van der Waals surface area contributed by atoms with Crippen molar-refractivity contribution in [1.29, 1.82) is 0 Å². The molecule has 0 spiro atoms. The standard InChI is InChI=1S/C12H15ClF3N3O2/c1-18(2)3-4-19(7-10(20)21)11-9(13)5-8(6-17-11)12(14,15)16/h5-6H,3-4,7H2,1-2H3,(H,20,21). The molecule has 1 aromatic rings. The lowest BCUT2D eigenvalue weighted by Crippen LogP contribution is -2.36. The molecule has 118 valence electrons. The smallest absolute Gasteiger partial charge is 0.417 e. The lowest BCUT2D eigenvalue weighted by molar-refractivity contribution is -0.138. The third-order valence-corrected chi connectivity index (χ3v) is 2.87. The number of rotatable bonds is 6.